The Morgan fingerprint density at radius 2 is 1.85 bits per heavy atom. The molecule has 1 N–H and O–H groups in total. The molecule has 4 nitrogen and oxygen atoms in total. The molecule has 0 aliphatic rings. The van der Waals surface area contributed by atoms with Gasteiger partial charge in [0.05, 0.1) is 10.2 Å². The van der Waals surface area contributed by atoms with Gasteiger partial charge in [-0.1, -0.05) is 30.3 Å². The van der Waals surface area contributed by atoms with Crippen LogP contribution in [0.5, 0.6) is 5.75 Å². The number of carbonyl (C=O) groups excluding carboxylic acids is 1. The molecule has 1 unspecified atom stereocenters. The van der Waals surface area contributed by atoms with Crippen LogP contribution in [0.15, 0.2) is 66.0 Å². The highest BCUT2D eigenvalue weighted by Gasteiger charge is 2.19. The summed E-state index contributed by atoms with van der Waals surface area (Å²) in [5.74, 6) is 0.492. The third kappa shape index (κ3) is 3.47. The maximum absolute atomic E-state index is 12.5. The maximum Gasteiger partial charge on any atom is 0.265 e. The van der Waals surface area contributed by atoms with Crippen molar-refractivity contribution in [2.75, 3.05) is 5.32 Å². The van der Waals surface area contributed by atoms with Crippen LogP contribution in [0.4, 0.5) is 5.00 Å². The Morgan fingerprint density at radius 3 is 2.65 bits per heavy atom. The lowest BCUT2D eigenvalue weighted by molar-refractivity contribution is -0.122. The molecule has 26 heavy (non-hydrogen) atoms. The fourth-order valence-electron chi connectivity index (χ4n) is 2.53. The molecule has 0 aliphatic carbocycles. The van der Waals surface area contributed by atoms with Crippen LogP contribution in [0, 0.1) is 0 Å². The molecule has 0 aliphatic heterocycles. The Bertz CT molecular complexity index is 1010. The monoisotopic (exact) mass is 380 g/mol. The largest absolute Gasteiger partial charge is 0.481 e. The molecule has 130 valence electrons. The van der Waals surface area contributed by atoms with Crippen LogP contribution < -0.4 is 10.1 Å². The summed E-state index contributed by atoms with van der Waals surface area (Å²) in [6.45, 7) is 1.74. The number of aromatic nitrogens is 1. The fraction of sp³-hybridized carbons (Fsp3) is 0.100. The molecule has 0 saturated carbocycles. The lowest BCUT2D eigenvalue weighted by Gasteiger charge is -2.14. The van der Waals surface area contributed by atoms with Crippen molar-refractivity contribution in [1.82, 2.24) is 4.98 Å². The summed E-state index contributed by atoms with van der Waals surface area (Å²) in [5, 5.41) is 6.62. The highest BCUT2D eigenvalue weighted by Crippen LogP contribution is 2.37. The molecule has 1 atom stereocenters. The number of amides is 1. The van der Waals surface area contributed by atoms with Crippen molar-refractivity contribution in [2.24, 2.45) is 0 Å². The van der Waals surface area contributed by atoms with E-state index in [9.17, 15) is 4.79 Å². The van der Waals surface area contributed by atoms with Gasteiger partial charge in [0, 0.05) is 5.56 Å². The number of thiazole rings is 1. The molecule has 1 amide bonds. The lowest BCUT2D eigenvalue weighted by Crippen LogP contribution is -2.29. The number of thiophene rings is 1. The number of anilines is 1. The predicted molar refractivity (Wildman–Crippen MR) is 108 cm³/mol. The molecule has 2 aromatic carbocycles. The standard InChI is InChI=1S/C20H16N2O2S2/c1-13(24-14-7-3-2-4-8-14)18(23)22-19-15(11-12-25-19)20-21-16-9-5-6-10-17(16)26-20/h2-13H,1H3,(H,22,23). The van der Waals surface area contributed by atoms with Crippen molar-refractivity contribution in [3.63, 3.8) is 0 Å². The zero-order chi connectivity index (χ0) is 17.9. The van der Waals surface area contributed by atoms with E-state index in [0.717, 1.165) is 25.8 Å². The van der Waals surface area contributed by atoms with E-state index in [2.05, 4.69) is 16.4 Å². The van der Waals surface area contributed by atoms with Gasteiger partial charge in [-0.05, 0) is 42.6 Å². The molecule has 4 aromatic rings. The number of nitrogens with one attached hydrogen (secondary N) is 1. The number of ether oxygens (including phenoxy) is 1. The molecule has 2 heterocycles. The predicted octanol–water partition coefficient (Wildman–Crippen LogP) is 5.43. The van der Waals surface area contributed by atoms with Crippen LogP contribution >= 0.6 is 22.7 Å². The molecule has 4 rings (SSSR count). The minimum Gasteiger partial charge on any atom is -0.481 e. The Morgan fingerprint density at radius 1 is 1.08 bits per heavy atom. The maximum atomic E-state index is 12.5. The molecule has 0 fully saturated rings. The summed E-state index contributed by atoms with van der Waals surface area (Å²) in [6.07, 6.45) is -0.595. The normalized spacial score (nSPS) is 12.0. The average molecular weight is 380 g/mol. The number of nitrogens with zero attached hydrogens (tertiary/aromatic N) is 1. The summed E-state index contributed by atoms with van der Waals surface area (Å²) in [6, 6.07) is 19.4. The third-order valence-electron chi connectivity index (χ3n) is 3.85. The van der Waals surface area contributed by atoms with E-state index in [4.69, 9.17) is 4.74 Å². The second kappa shape index (κ2) is 7.27. The zero-order valence-corrected chi connectivity index (χ0v) is 15.6. The molecular weight excluding hydrogens is 364 g/mol. The first-order chi connectivity index (χ1) is 12.7. The Kier molecular flexibility index (Phi) is 4.69. The Labute approximate surface area is 159 Å². The second-order valence-corrected chi connectivity index (χ2v) is 7.66. The first-order valence-electron chi connectivity index (χ1n) is 8.17. The number of benzene rings is 2. The van der Waals surface area contributed by atoms with E-state index in [1.54, 1.807) is 18.3 Å². The number of hydrogen-bond acceptors (Lipinski definition) is 5. The van der Waals surface area contributed by atoms with E-state index < -0.39 is 6.10 Å². The summed E-state index contributed by atoms with van der Waals surface area (Å²) >= 11 is 3.11. The topological polar surface area (TPSA) is 51.2 Å². The summed E-state index contributed by atoms with van der Waals surface area (Å²) in [7, 11) is 0. The molecule has 6 heteroatoms. The summed E-state index contributed by atoms with van der Waals surface area (Å²) in [5.41, 5.74) is 1.91. The van der Waals surface area contributed by atoms with E-state index >= 15 is 0 Å². The minimum atomic E-state index is -0.595. The number of carbonyl (C=O) groups is 1. The van der Waals surface area contributed by atoms with Crippen LogP contribution in [0.3, 0.4) is 0 Å². The van der Waals surface area contributed by atoms with Crippen molar-refractivity contribution in [3.8, 4) is 16.3 Å². The van der Waals surface area contributed by atoms with E-state index in [0.29, 0.717) is 5.75 Å². The second-order valence-electron chi connectivity index (χ2n) is 5.71. The highest BCUT2D eigenvalue weighted by atomic mass is 32.1. The molecule has 0 radical (unpaired) electrons. The molecule has 0 saturated heterocycles. The first-order valence-corrected chi connectivity index (χ1v) is 9.86. The molecule has 2 aromatic heterocycles. The van der Waals surface area contributed by atoms with Gasteiger partial charge in [-0.15, -0.1) is 22.7 Å². The van der Waals surface area contributed by atoms with Crippen molar-refractivity contribution >= 4 is 43.8 Å². The van der Waals surface area contributed by atoms with Gasteiger partial charge in [-0.25, -0.2) is 4.98 Å². The number of rotatable bonds is 5. The molecular formula is C20H16N2O2S2. The highest BCUT2D eigenvalue weighted by molar-refractivity contribution is 7.22. The smallest absolute Gasteiger partial charge is 0.265 e. The first kappa shape index (κ1) is 16.8. The lowest BCUT2D eigenvalue weighted by atomic mass is 10.3. The Hall–Kier alpha value is -2.70. The third-order valence-corrected chi connectivity index (χ3v) is 5.75. The van der Waals surface area contributed by atoms with E-state index in [1.165, 1.54) is 11.3 Å². The van der Waals surface area contributed by atoms with Gasteiger partial charge >= 0.3 is 0 Å². The van der Waals surface area contributed by atoms with Crippen molar-refractivity contribution in [2.45, 2.75) is 13.0 Å². The number of fused-ring (bicyclic) bond motifs is 1. The number of para-hydroxylation sites is 2. The summed E-state index contributed by atoms with van der Waals surface area (Å²) < 4.78 is 6.83. The van der Waals surface area contributed by atoms with E-state index in [1.807, 2.05) is 60.0 Å². The van der Waals surface area contributed by atoms with Crippen LogP contribution in [-0.4, -0.2) is 17.0 Å². The van der Waals surface area contributed by atoms with Gasteiger partial charge in [0.25, 0.3) is 5.91 Å². The van der Waals surface area contributed by atoms with Crippen LogP contribution in [0.1, 0.15) is 6.92 Å². The average Bonchev–Trinajstić information content (AvgIpc) is 3.28. The van der Waals surface area contributed by atoms with Gasteiger partial charge < -0.3 is 10.1 Å². The van der Waals surface area contributed by atoms with E-state index in [-0.39, 0.29) is 5.91 Å². The van der Waals surface area contributed by atoms with Gasteiger partial charge in [0.1, 0.15) is 15.8 Å². The van der Waals surface area contributed by atoms with Crippen LogP contribution in [-0.2, 0) is 4.79 Å². The fourth-order valence-corrected chi connectivity index (χ4v) is 4.39. The van der Waals surface area contributed by atoms with Gasteiger partial charge in [0.2, 0.25) is 0 Å². The summed E-state index contributed by atoms with van der Waals surface area (Å²) in [4.78, 5) is 17.2. The van der Waals surface area contributed by atoms with Crippen LogP contribution in [0.25, 0.3) is 20.8 Å². The zero-order valence-electron chi connectivity index (χ0n) is 14.0. The molecule has 0 spiro atoms. The van der Waals surface area contributed by atoms with Crippen molar-refractivity contribution in [3.05, 3.63) is 66.0 Å². The SMILES string of the molecule is CC(Oc1ccccc1)C(=O)Nc1sccc1-c1nc2ccccc2s1. The minimum absolute atomic E-state index is 0.182. The van der Waals surface area contributed by atoms with Crippen molar-refractivity contribution < 1.29 is 9.53 Å². The number of hydrogen-bond donors (Lipinski definition) is 1. The van der Waals surface area contributed by atoms with Gasteiger partial charge in [-0.2, -0.15) is 0 Å². The van der Waals surface area contributed by atoms with Crippen molar-refractivity contribution in [1.29, 1.82) is 0 Å². The van der Waals surface area contributed by atoms with Crippen LogP contribution in [0.2, 0.25) is 0 Å². The molecule has 0 bridgehead atoms. The van der Waals surface area contributed by atoms with Gasteiger partial charge in [-0.3, -0.25) is 4.79 Å². The van der Waals surface area contributed by atoms with Gasteiger partial charge in [0.15, 0.2) is 6.10 Å². The quantitative estimate of drug-likeness (QED) is 0.502. The Balaban J connectivity index is 1.52.